The molecule has 1 fully saturated rings. The second-order valence-corrected chi connectivity index (χ2v) is 6.13. The highest BCUT2D eigenvalue weighted by Gasteiger charge is 2.28. The van der Waals surface area contributed by atoms with E-state index in [2.05, 4.69) is 37.9 Å². The van der Waals surface area contributed by atoms with Crippen molar-refractivity contribution in [3.8, 4) is 0 Å². The van der Waals surface area contributed by atoms with Crippen molar-refractivity contribution < 1.29 is 0 Å². The topological polar surface area (TPSA) is 15.3 Å². The van der Waals surface area contributed by atoms with E-state index < -0.39 is 0 Å². The highest BCUT2D eigenvalue weighted by molar-refractivity contribution is 4.81. The molecule has 2 heteroatoms. The molecule has 1 rings (SSSR count). The summed E-state index contributed by atoms with van der Waals surface area (Å²) in [7, 11) is 2.05. The van der Waals surface area contributed by atoms with E-state index in [1.54, 1.807) is 0 Å². The van der Waals surface area contributed by atoms with Crippen LogP contribution in [0.1, 0.15) is 40.5 Å². The second-order valence-electron chi connectivity index (χ2n) is 6.13. The molecule has 90 valence electrons. The molecule has 0 amide bonds. The van der Waals surface area contributed by atoms with E-state index in [0.717, 1.165) is 5.92 Å². The molecule has 15 heavy (non-hydrogen) atoms. The molecule has 1 heterocycles. The molecule has 1 unspecified atom stereocenters. The summed E-state index contributed by atoms with van der Waals surface area (Å²) in [4.78, 5) is 2.60. The standard InChI is InChI=1S/C13H28N2/c1-11(14-5)10-15-8-6-12(7-9-15)13(2,3)4/h11-12,14H,6-10H2,1-5H3. The number of nitrogens with one attached hydrogen (secondary N) is 1. The van der Waals surface area contributed by atoms with Gasteiger partial charge in [-0.1, -0.05) is 20.8 Å². The van der Waals surface area contributed by atoms with Crippen molar-refractivity contribution in [2.24, 2.45) is 11.3 Å². The van der Waals surface area contributed by atoms with Gasteiger partial charge in [-0.15, -0.1) is 0 Å². The van der Waals surface area contributed by atoms with Gasteiger partial charge in [0.25, 0.3) is 0 Å². The fourth-order valence-electron chi connectivity index (χ4n) is 2.46. The van der Waals surface area contributed by atoms with Crippen molar-refractivity contribution >= 4 is 0 Å². The van der Waals surface area contributed by atoms with Crippen molar-refractivity contribution in [1.29, 1.82) is 0 Å². The molecule has 0 aliphatic carbocycles. The molecule has 2 nitrogen and oxygen atoms in total. The third-order valence-corrected chi connectivity index (χ3v) is 3.84. The van der Waals surface area contributed by atoms with Gasteiger partial charge in [-0.05, 0) is 51.2 Å². The molecule has 1 saturated heterocycles. The quantitative estimate of drug-likeness (QED) is 0.772. The summed E-state index contributed by atoms with van der Waals surface area (Å²) in [6.07, 6.45) is 2.75. The maximum absolute atomic E-state index is 3.31. The first-order valence-corrected chi connectivity index (χ1v) is 6.33. The second kappa shape index (κ2) is 5.31. The lowest BCUT2D eigenvalue weighted by atomic mass is 9.75. The maximum Gasteiger partial charge on any atom is 0.0163 e. The van der Waals surface area contributed by atoms with Crippen LogP contribution in [0.5, 0.6) is 0 Å². The maximum atomic E-state index is 3.31. The summed E-state index contributed by atoms with van der Waals surface area (Å²) in [5, 5.41) is 3.31. The molecule has 1 aliphatic heterocycles. The number of likely N-dealkylation sites (N-methyl/N-ethyl adjacent to an activating group) is 1. The van der Waals surface area contributed by atoms with Crippen molar-refractivity contribution in [2.75, 3.05) is 26.7 Å². The van der Waals surface area contributed by atoms with Gasteiger partial charge in [-0.2, -0.15) is 0 Å². The number of hydrogen-bond donors (Lipinski definition) is 1. The summed E-state index contributed by atoms with van der Waals surface area (Å²) in [6, 6.07) is 0.621. The lowest BCUT2D eigenvalue weighted by Gasteiger charge is -2.39. The Labute approximate surface area is 95.4 Å². The van der Waals surface area contributed by atoms with Crippen LogP contribution in [0.15, 0.2) is 0 Å². The van der Waals surface area contributed by atoms with Gasteiger partial charge in [-0.25, -0.2) is 0 Å². The molecule has 0 saturated carbocycles. The molecular formula is C13H28N2. The van der Waals surface area contributed by atoms with Crippen molar-refractivity contribution in [2.45, 2.75) is 46.6 Å². The number of likely N-dealkylation sites (tertiary alicyclic amines) is 1. The monoisotopic (exact) mass is 212 g/mol. The van der Waals surface area contributed by atoms with Gasteiger partial charge in [0, 0.05) is 12.6 Å². The summed E-state index contributed by atoms with van der Waals surface area (Å²) in [5.41, 5.74) is 0.501. The normalized spacial score (nSPS) is 23.0. The first-order valence-electron chi connectivity index (χ1n) is 6.33. The molecule has 0 aromatic heterocycles. The minimum atomic E-state index is 0.501. The van der Waals surface area contributed by atoms with E-state index in [0.29, 0.717) is 11.5 Å². The Hall–Kier alpha value is -0.0800. The van der Waals surface area contributed by atoms with E-state index in [1.807, 2.05) is 7.05 Å². The van der Waals surface area contributed by atoms with E-state index in [1.165, 1.54) is 32.5 Å². The Balaban J connectivity index is 2.30. The predicted molar refractivity (Wildman–Crippen MR) is 67.1 cm³/mol. The summed E-state index contributed by atoms with van der Waals surface area (Å²) >= 11 is 0. The zero-order valence-corrected chi connectivity index (χ0v) is 11.1. The molecule has 0 aromatic carbocycles. The van der Waals surface area contributed by atoms with Gasteiger partial charge in [0.05, 0.1) is 0 Å². The Morgan fingerprint density at radius 3 is 2.20 bits per heavy atom. The Kier molecular flexibility index (Phi) is 4.60. The molecule has 0 radical (unpaired) electrons. The van der Waals surface area contributed by atoms with Crippen LogP contribution in [0.3, 0.4) is 0 Å². The molecule has 1 aliphatic rings. The van der Waals surface area contributed by atoms with Crippen LogP contribution in [-0.4, -0.2) is 37.6 Å². The van der Waals surface area contributed by atoms with Crippen molar-refractivity contribution in [3.05, 3.63) is 0 Å². The van der Waals surface area contributed by atoms with Crippen LogP contribution in [0.4, 0.5) is 0 Å². The highest BCUT2D eigenvalue weighted by Crippen LogP contribution is 2.34. The van der Waals surface area contributed by atoms with Crippen LogP contribution in [0, 0.1) is 11.3 Å². The van der Waals surface area contributed by atoms with E-state index in [-0.39, 0.29) is 0 Å². The fourth-order valence-corrected chi connectivity index (χ4v) is 2.46. The van der Waals surface area contributed by atoms with E-state index >= 15 is 0 Å². The number of rotatable bonds is 3. The molecule has 1 N–H and O–H groups in total. The predicted octanol–water partition coefficient (Wildman–Crippen LogP) is 2.35. The average Bonchev–Trinajstić information content (AvgIpc) is 2.17. The van der Waals surface area contributed by atoms with Crippen LogP contribution in [-0.2, 0) is 0 Å². The van der Waals surface area contributed by atoms with Crippen LogP contribution < -0.4 is 5.32 Å². The molecular weight excluding hydrogens is 184 g/mol. The third-order valence-electron chi connectivity index (χ3n) is 3.84. The number of hydrogen-bond acceptors (Lipinski definition) is 2. The minimum Gasteiger partial charge on any atom is -0.316 e. The van der Waals surface area contributed by atoms with Gasteiger partial charge in [0.15, 0.2) is 0 Å². The Morgan fingerprint density at radius 2 is 1.80 bits per heavy atom. The van der Waals surface area contributed by atoms with E-state index in [9.17, 15) is 0 Å². The van der Waals surface area contributed by atoms with Crippen LogP contribution in [0.2, 0.25) is 0 Å². The summed E-state index contributed by atoms with van der Waals surface area (Å²) in [5.74, 6) is 0.915. The zero-order valence-electron chi connectivity index (χ0n) is 11.1. The van der Waals surface area contributed by atoms with Gasteiger partial charge < -0.3 is 10.2 Å². The fraction of sp³-hybridized carbons (Fsp3) is 1.00. The molecule has 0 aromatic rings. The molecule has 1 atom stereocenters. The first kappa shape index (κ1) is 13.0. The SMILES string of the molecule is CNC(C)CN1CCC(C(C)(C)C)CC1. The molecule has 0 spiro atoms. The largest absolute Gasteiger partial charge is 0.316 e. The van der Waals surface area contributed by atoms with Gasteiger partial charge in [0.2, 0.25) is 0 Å². The van der Waals surface area contributed by atoms with Gasteiger partial charge in [0.1, 0.15) is 0 Å². The minimum absolute atomic E-state index is 0.501. The zero-order chi connectivity index (χ0) is 11.5. The third kappa shape index (κ3) is 4.12. The van der Waals surface area contributed by atoms with Crippen molar-refractivity contribution in [1.82, 2.24) is 10.2 Å². The van der Waals surface area contributed by atoms with Gasteiger partial charge in [-0.3, -0.25) is 0 Å². The Morgan fingerprint density at radius 1 is 1.27 bits per heavy atom. The highest BCUT2D eigenvalue weighted by atomic mass is 15.1. The van der Waals surface area contributed by atoms with Crippen LogP contribution in [0.25, 0.3) is 0 Å². The number of nitrogens with zero attached hydrogens (tertiary/aromatic N) is 1. The van der Waals surface area contributed by atoms with Gasteiger partial charge >= 0.3 is 0 Å². The Bertz CT molecular complexity index is 175. The van der Waals surface area contributed by atoms with E-state index in [4.69, 9.17) is 0 Å². The first-order chi connectivity index (χ1) is 6.93. The lowest BCUT2D eigenvalue weighted by Crippen LogP contribution is -2.43. The van der Waals surface area contributed by atoms with Crippen molar-refractivity contribution in [3.63, 3.8) is 0 Å². The number of piperidine rings is 1. The summed E-state index contributed by atoms with van der Waals surface area (Å²) in [6.45, 7) is 13.2. The smallest absolute Gasteiger partial charge is 0.0163 e. The average molecular weight is 212 g/mol. The lowest BCUT2D eigenvalue weighted by molar-refractivity contribution is 0.107. The van der Waals surface area contributed by atoms with Crippen LogP contribution >= 0.6 is 0 Å². The summed E-state index contributed by atoms with van der Waals surface area (Å²) < 4.78 is 0. The molecule has 0 bridgehead atoms.